The summed E-state index contributed by atoms with van der Waals surface area (Å²) in [5.41, 5.74) is 2.67. The fourth-order valence-electron chi connectivity index (χ4n) is 2.62. The van der Waals surface area contributed by atoms with E-state index in [1.54, 1.807) is 6.21 Å². The van der Waals surface area contributed by atoms with Crippen LogP contribution in [0.5, 0.6) is 0 Å². The maximum atomic E-state index is 12.3. The highest BCUT2D eigenvalue weighted by Gasteiger charge is 2.22. The Bertz CT molecular complexity index is 842. The highest BCUT2D eigenvalue weighted by Crippen LogP contribution is 2.23. The van der Waals surface area contributed by atoms with E-state index < -0.39 is 6.04 Å². The third kappa shape index (κ3) is 4.20. The van der Waals surface area contributed by atoms with Crippen LogP contribution in [0.15, 0.2) is 47.1 Å². The predicted octanol–water partition coefficient (Wildman–Crippen LogP) is 4.32. The number of para-hydroxylation sites is 2. The molecule has 6 nitrogen and oxygen atoms in total. The zero-order valence-corrected chi connectivity index (χ0v) is 15.9. The van der Waals surface area contributed by atoms with E-state index in [0.29, 0.717) is 5.95 Å². The number of hydrogen-bond donors (Lipinski definition) is 2. The molecule has 1 unspecified atom stereocenters. The number of imidazole rings is 1. The Morgan fingerprint density at radius 3 is 2.77 bits per heavy atom. The molecule has 0 saturated carbocycles. The van der Waals surface area contributed by atoms with Crippen LogP contribution in [0.25, 0.3) is 17.2 Å². The summed E-state index contributed by atoms with van der Waals surface area (Å²) in [5.74, 6) is 0.560. The Kier molecular flexibility index (Phi) is 7.14. The molecule has 26 heavy (non-hydrogen) atoms. The van der Waals surface area contributed by atoms with Gasteiger partial charge in [-0.2, -0.15) is 0 Å². The third-order valence-electron chi connectivity index (χ3n) is 3.71. The van der Waals surface area contributed by atoms with Crippen LogP contribution in [-0.2, 0) is 4.79 Å². The summed E-state index contributed by atoms with van der Waals surface area (Å²) in [7, 11) is 0. The molecule has 0 radical (unpaired) electrons. The first-order valence-electron chi connectivity index (χ1n) is 9.24. The molecule has 4 rings (SSSR count). The molecule has 2 aliphatic rings. The number of fused-ring (bicyclic) bond motifs is 3. The van der Waals surface area contributed by atoms with Crippen molar-refractivity contribution in [3.05, 3.63) is 42.1 Å². The molecular formula is C20H31N5O. The van der Waals surface area contributed by atoms with Crippen LogP contribution in [-0.4, -0.2) is 34.3 Å². The van der Waals surface area contributed by atoms with E-state index in [-0.39, 0.29) is 8.76 Å². The molecule has 1 amide bonds. The number of hydrogen-bond acceptors (Lipinski definition) is 4. The molecule has 2 N–H and O–H groups in total. The van der Waals surface area contributed by atoms with Crippen molar-refractivity contribution in [2.45, 2.75) is 40.2 Å². The van der Waals surface area contributed by atoms with Crippen molar-refractivity contribution in [3.63, 3.8) is 0 Å². The van der Waals surface area contributed by atoms with Gasteiger partial charge < -0.3 is 10.6 Å². The lowest BCUT2D eigenvalue weighted by Gasteiger charge is -2.20. The van der Waals surface area contributed by atoms with Crippen LogP contribution < -0.4 is 10.6 Å². The third-order valence-corrected chi connectivity index (χ3v) is 3.71. The summed E-state index contributed by atoms with van der Waals surface area (Å²) >= 11 is 0. The van der Waals surface area contributed by atoms with Gasteiger partial charge in [0, 0.05) is 21.8 Å². The molecule has 2 aromatic rings. The SMILES string of the molecule is CC.CC.O=C(NC1=CCCN=C1)C1C=Cn2c(nc3ccccc32)N1.[HH].[HH]. The zero-order valence-electron chi connectivity index (χ0n) is 15.9. The molecular weight excluding hydrogens is 326 g/mol. The zero-order chi connectivity index (χ0) is 18.9. The molecule has 0 spiro atoms. The van der Waals surface area contributed by atoms with Gasteiger partial charge in [0.1, 0.15) is 6.04 Å². The minimum Gasteiger partial charge on any atom is -0.340 e. The van der Waals surface area contributed by atoms with Gasteiger partial charge in [0.15, 0.2) is 0 Å². The lowest BCUT2D eigenvalue weighted by atomic mass is 10.2. The minimum absolute atomic E-state index is 0. The van der Waals surface area contributed by atoms with E-state index in [2.05, 4.69) is 20.6 Å². The van der Waals surface area contributed by atoms with Crippen molar-refractivity contribution in [2.75, 3.05) is 11.9 Å². The summed E-state index contributed by atoms with van der Waals surface area (Å²) in [6.07, 6.45) is 8.25. The first-order chi connectivity index (χ1) is 12.8. The number of rotatable bonds is 2. The second kappa shape index (κ2) is 9.56. The van der Waals surface area contributed by atoms with Gasteiger partial charge in [-0.15, -0.1) is 0 Å². The molecule has 0 saturated heterocycles. The van der Waals surface area contributed by atoms with E-state index in [1.165, 1.54) is 0 Å². The Balaban J connectivity index is 0.00000115. The summed E-state index contributed by atoms with van der Waals surface area (Å²) in [5, 5.41) is 6.03. The molecule has 0 fully saturated rings. The number of anilines is 1. The lowest BCUT2D eigenvalue weighted by molar-refractivity contribution is -0.120. The number of carbonyl (C=O) groups excluding carboxylic acids is 1. The predicted molar refractivity (Wildman–Crippen MR) is 114 cm³/mol. The van der Waals surface area contributed by atoms with Gasteiger partial charge >= 0.3 is 0 Å². The van der Waals surface area contributed by atoms with Crippen LogP contribution in [0, 0.1) is 0 Å². The average Bonchev–Trinajstić information content (AvgIpc) is 3.09. The maximum Gasteiger partial charge on any atom is 0.251 e. The largest absolute Gasteiger partial charge is 0.340 e. The molecule has 3 heterocycles. The van der Waals surface area contributed by atoms with Crippen molar-refractivity contribution >= 4 is 35.3 Å². The normalized spacial score (nSPS) is 16.9. The summed E-state index contributed by atoms with van der Waals surface area (Å²) in [6, 6.07) is 7.43. The summed E-state index contributed by atoms with van der Waals surface area (Å²) < 4.78 is 1.94. The fraction of sp³-hybridized carbons (Fsp3) is 0.350. The van der Waals surface area contributed by atoms with Crippen LogP contribution in [0.1, 0.15) is 37.0 Å². The number of nitrogens with one attached hydrogen (secondary N) is 2. The Morgan fingerprint density at radius 1 is 1.27 bits per heavy atom. The molecule has 0 aliphatic carbocycles. The van der Waals surface area contributed by atoms with Gasteiger partial charge in [0.05, 0.1) is 16.7 Å². The highest BCUT2D eigenvalue weighted by molar-refractivity contribution is 5.95. The van der Waals surface area contributed by atoms with Crippen LogP contribution >= 0.6 is 0 Å². The van der Waals surface area contributed by atoms with Crippen LogP contribution in [0.2, 0.25) is 0 Å². The topological polar surface area (TPSA) is 71.3 Å². The standard InChI is InChI=1S/C16H15N5O.2C2H6.2H2/c22-15(18-11-4-3-8-17-10-11)13-7-9-21-14-6-2-1-5-12(14)19-16(21)20-13;2*1-2;;/h1-2,4-7,9-10,13H,3,8H2,(H,18,22)(H,19,20);2*1-2H3;2*1H. The van der Waals surface area contributed by atoms with E-state index in [1.807, 2.05) is 74.9 Å². The molecule has 142 valence electrons. The van der Waals surface area contributed by atoms with Gasteiger partial charge in [0.2, 0.25) is 5.95 Å². The number of dihydropyridines is 1. The lowest BCUT2D eigenvalue weighted by Crippen LogP contribution is -2.40. The molecule has 1 aromatic carbocycles. The highest BCUT2D eigenvalue weighted by atomic mass is 16.2. The first-order valence-corrected chi connectivity index (χ1v) is 9.24. The monoisotopic (exact) mass is 357 g/mol. The van der Waals surface area contributed by atoms with E-state index in [9.17, 15) is 4.79 Å². The quantitative estimate of drug-likeness (QED) is 0.841. The number of allylic oxidation sites excluding steroid dienone is 1. The number of amides is 1. The van der Waals surface area contributed by atoms with Crippen molar-refractivity contribution in [2.24, 2.45) is 4.99 Å². The molecule has 2 aliphatic heterocycles. The minimum atomic E-state index is -0.444. The number of aliphatic imine (C=N–C) groups is 1. The second-order valence-electron chi connectivity index (χ2n) is 5.23. The smallest absolute Gasteiger partial charge is 0.251 e. The summed E-state index contributed by atoms with van der Waals surface area (Å²) in [4.78, 5) is 21.0. The number of aromatic nitrogens is 2. The van der Waals surface area contributed by atoms with Crippen molar-refractivity contribution in [1.82, 2.24) is 14.9 Å². The van der Waals surface area contributed by atoms with Gasteiger partial charge in [0.25, 0.3) is 5.91 Å². The Labute approximate surface area is 157 Å². The van der Waals surface area contributed by atoms with Gasteiger partial charge in [-0.1, -0.05) is 45.9 Å². The average molecular weight is 358 g/mol. The molecule has 0 bridgehead atoms. The van der Waals surface area contributed by atoms with Crippen LogP contribution in [0.4, 0.5) is 5.95 Å². The van der Waals surface area contributed by atoms with Crippen molar-refractivity contribution in [1.29, 1.82) is 0 Å². The number of benzene rings is 1. The summed E-state index contributed by atoms with van der Waals surface area (Å²) in [6.45, 7) is 8.78. The number of carbonyl (C=O) groups is 1. The number of nitrogens with zero attached hydrogens (tertiary/aromatic N) is 3. The van der Waals surface area contributed by atoms with E-state index in [0.717, 1.165) is 29.7 Å². The Morgan fingerprint density at radius 2 is 2.04 bits per heavy atom. The molecule has 1 aromatic heterocycles. The van der Waals surface area contributed by atoms with Gasteiger partial charge in [-0.3, -0.25) is 14.4 Å². The van der Waals surface area contributed by atoms with Crippen molar-refractivity contribution < 1.29 is 7.65 Å². The van der Waals surface area contributed by atoms with E-state index in [4.69, 9.17) is 0 Å². The van der Waals surface area contributed by atoms with Gasteiger partial charge in [-0.05, 0) is 24.6 Å². The Hall–Kier alpha value is -2.89. The van der Waals surface area contributed by atoms with E-state index >= 15 is 0 Å². The fourth-order valence-corrected chi connectivity index (χ4v) is 2.62. The first kappa shape index (κ1) is 19.4. The second-order valence-corrected chi connectivity index (χ2v) is 5.23. The van der Waals surface area contributed by atoms with Gasteiger partial charge in [-0.25, -0.2) is 4.98 Å². The molecule has 6 heteroatoms. The van der Waals surface area contributed by atoms with Crippen LogP contribution in [0.3, 0.4) is 0 Å². The van der Waals surface area contributed by atoms with Crippen molar-refractivity contribution in [3.8, 4) is 0 Å². The maximum absolute atomic E-state index is 12.3. The molecule has 1 atom stereocenters.